The highest BCUT2D eigenvalue weighted by Gasteiger charge is 2.12. The van der Waals surface area contributed by atoms with Gasteiger partial charge in [0.2, 0.25) is 0 Å². The van der Waals surface area contributed by atoms with Crippen LogP contribution in [0.15, 0.2) is 51.7 Å². The van der Waals surface area contributed by atoms with Crippen molar-refractivity contribution < 1.29 is 4.74 Å². The minimum Gasteiger partial charge on any atom is -0.497 e. The summed E-state index contributed by atoms with van der Waals surface area (Å²) in [6, 6.07) is 11.2. The first-order chi connectivity index (χ1) is 10.7. The van der Waals surface area contributed by atoms with Gasteiger partial charge in [0.1, 0.15) is 23.7 Å². The molecule has 0 aromatic heterocycles. The molecule has 0 unspecified atom stereocenters. The molecular weight excluding hydrogens is 278 g/mol. The Kier molecular flexibility index (Phi) is 4.69. The lowest BCUT2D eigenvalue weighted by Crippen LogP contribution is -2.15. The zero-order valence-corrected chi connectivity index (χ0v) is 11.9. The molecule has 1 heterocycles. The predicted octanol–water partition coefficient (Wildman–Crippen LogP) is 2.17. The number of methoxy groups -OCH3 is 1. The van der Waals surface area contributed by atoms with Crippen molar-refractivity contribution in [1.29, 1.82) is 10.5 Å². The van der Waals surface area contributed by atoms with Crippen LogP contribution in [0.1, 0.15) is 12.0 Å². The molecule has 108 valence electrons. The van der Waals surface area contributed by atoms with Gasteiger partial charge >= 0.3 is 0 Å². The van der Waals surface area contributed by atoms with Gasteiger partial charge in [-0.2, -0.15) is 10.5 Å². The van der Waals surface area contributed by atoms with Crippen molar-refractivity contribution >= 4 is 17.6 Å². The fourth-order valence-corrected chi connectivity index (χ4v) is 1.82. The number of nitrogens with two attached hydrogens (primary N) is 1. The molecule has 6 nitrogen and oxygen atoms in total. The minimum absolute atomic E-state index is 0.0302. The van der Waals surface area contributed by atoms with Crippen LogP contribution >= 0.6 is 0 Å². The molecule has 2 N–H and O–H groups in total. The number of hydrogen-bond donors (Lipinski definition) is 1. The number of hydrogen-bond acceptors (Lipinski definition) is 6. The molecule has 0 saturated carbocycles. The van der Waals surface area contributed by atoms with Gasteiger partial charge in [0, 0.05) is 12.1 Å². The molecule has 22 heavy (non-hydrogen) atoms. The molecule has 6 heteroatoms. The van der Waals surface area contributed by atoms with E-state index in [1.807, 2.05) is 42.5 Å². The maximum atomic E-state index is 9.05. The summed E-state index contributed by atoms with van der Waals surface area (Å²) in [4.78, 5) is 8.05. The Morgan fingerprint density at radius 2 is 1.73 bits per heavy atom. The van der Waals surface area contributed by atoms with E-state index in [-0.39, 0.29) is 23.7 Å². The van der Waals surface area contributed by atoms with Crippen LogP contribution < -0.4 is 10.5 Å². The molecule has 0 spiro atoms. The van der Waals surface area contributed by atoms with E-state index < -0.39 is 0 Å². The average Bonchev–Trinajstić information content (AvgIpc) is 2.71. The van der Waals surface area contributed by atoms with E-state index in [9.17, 15) is 0 Å². The third-order valence-electron chi connectivity index (χ3n) is 2.89. The zero-order chi connectivity index (χ0) is 15.9. The molecule has 0 radical (unpaired) electrons. The molecule has 0 bridgehead atoms. The molecular formula is C16H13N5O. The summed E-state index contributed by atoms with van der Waals surface area (Å²) in [5.74, 6) is 1.02. The lowest BCUT2D eigenvalue weighted by atomic mass is 10.1. The maximum absolute atomic E-state index is 9.05. The SMILES string of the molecule is COc1ccc(/C=C/C2=NC(C#N)=C(C#N)N=C(N)C2)cc1. The van der Waals surface area contributed by atoms with Crippen LogP contribution in [0, 0.1) is 22.7 Å². The van der Waals surface area contributed by atoms with Crippen molar-refractivity contribution in [3.05, 3.63) is 47.3 Å². The second-order valence-corrected chi connectivity index (χ2v) is 4.41. The number of ether oxygens (including phenoxy) is 1. The van der Waals surface area contributed by atoms with Gasteiger partial charge in [-0.1, -0.05) is 18.2 Å². The summed E-state index contributed by atoms with van der Waals surface area (Å²) in [5.41, 5.74) is 7.17. The van der Waals surface area contributed by atoms with Gasteiger partial charge in [-0.25, -0.2) is 9.98 Å². The quantitative estimate of drug-likeness (QED) is 0.920. The Hall–Kier alpha value is -3.38. The summed E-state index contributed by atoms with van der Waals surface area (Å²) >= 11 is 0. The molecule has 0 aliphatic carbocycles. The second-order valence-electron chi connectivity index (χ2n) is 4.41. The van der Waals surface area contributed by atoms with Crippen molar-refractivity contribution in [1.82, 2.24) is 0 Å². The molecule has 0 amide bonds. The number of aliphatic imine (C=N–C) groups is 2. The van der Waals surface area contributed by atoms with E-state index in [2.05, 4.69) is 9.98 Å². The summed E-state index contributed by atoms with van der Waals surface area (Å²) in [7, 11) is 1.61. The van der Waals surface area contributed by atoms with Crippen LogP contribution in [0.25, 0.3) is 6.08 Å². The van der Waals surface area contributed by atoms with Gasteiger partial charge in [0.15, 0.2) is 11.4 Å². The van der Waals surface area contributed by atoms with Gasteiger partial charge in [-0.05, 0) is 23.8 Å². The van der Waals surface area contributed by atoms with Gasteiger partial charge in [0.05, 0.1) is 7.11 Å². The Morgan fingerprint density at radius 3 is 2.32 bits per heavy atom. The molecule has 1 aliphatic rings. The van der Waals surface area contributed by atoms with Crippen molar-refractivity contribution in [3.63, 3.8) is 0 Å². The number of allylic oxidation sites excluding steroid dienone is 3. The highest BCUT2D eigenvalue weighted by Crippen LogP contribution is 2.15. The normalized spacial score (nSPS) is 14.7. The van der Waals surface area contributed by atoms with Crippen molar-refractivity contribution in [3.8, 4) is 17.9 Å². The first kappa shape index (κ1) is 15.0. The Labute approximate surface area is 128 Å². The molecule has 1 aromatic carbocycles. The standard InChI is InChI=1S/C16H13N5O/c1-22-13-6-3-11(4-7-13)2-5-12-8-16(19)21-15(10-18)14(9-17)20-12/h2-7H,8H2,1H3,(H2,19,21)/b5-2+. The van der Waals surface area contributed by atoms with Crippen LogP contribution in [-0.4, -0.2) is 18.7 Å². The van der Waals surface area contributed by atoms with Crippen LogP contribution in [0.3, 0.4) is 0 Å². The third-order valence-corrected chi connectivity index (χ3v) is 2.89. The van der Waals surface area contributed by atoms with E-state index in [1.165, 1.54) is 0 Å². The minimum atomic E-state index is -0.0622. The number of rotatable bonds is 3. The van der Waals surface area contributed by atoms with Gasteiger partial charge in [-0.15, -0.1) is 0 Å². The molecule has 2 rings (SSSR count). The molecule has 0 saturated heterocycles. The number of benzene rings is 1. The van der Waals surface area contributed by atoms with E-state index in [4.69, 9.17) is 21.0 Å². The van der Waals surface area contributed by atoms with Gasteiger partial charge < -0.3 is 10.5 Å². The molecule has 1 aliphatic heterocycles. The fourth-order valence-electron chi connectivity index (χ4n) is 1.82. The topological polar surface area (TPSA) is 108 Å². The molecule has 0 fully saturated rings. The van der Waals surface area contributed by atoms with Crippen molar-refractivity contribution in [2.75, 3.05) is 7.11 Å². The molecule has 0 atom stereocenters. The number of nitrogens with zero attached hydrogens (tertiary/aromatic N) is 4. The zero-order valence-electron chi connectivity index (χ0n) is 11.9. The number of amidine groups is 1. The number of nitriles is 2. The first-order valence-electron chi connectivity index (χ1n) is 6.43. The summed E-state index contributed by atoms with van der Waals surface area (Å²) in [6.07, 6.45) is 3.88. The predicted molar refractivity (Wildman–Crippen MR) is 84.0 cm³/mol. The van der Waals surface area contributed by atoms with Gasteiger partial charge in [0.25, 0.3) is 0 Å². The second kappa shape index (κ2) is 6.87. The van der Waals surface area contributed by atoms with E-state index in [0.29, 0.717) is 5.71 Å². The van der Waals surface area contributed by atoms with Crippen LogP contribution in [0.2, 0.25) is 0 Å². The Balaban J connectivity index is 2.29. The maximum Gasteiger partial charge on any atom is 0.178 e. The smallest absolute Gasteiger partial charge is 0.178 e. The Bertz CT molecular complexity index is 770. The van der Waals surface area contributed by atoms with Crippen LogP contribution in [0.4, 0.5) is 0 Å². The van der Waals surface area contributed by atoms with Crippen molar-refractivity contribution in [2.45, 2.75) is 6.42 Å². The lowest BCUT2D eigenvalue weighted by Gasteiger charge is -2.00. The van der Waals surface area contributed by atoms with Gasteiger partial charge in [-0.3, -0.25) is 0 Å². The van der Waals surface area contributed by atoms with Crippen LogP contribution in [0.5, 0.6) is 5.75 Å². The monoisotopic (exact) mass is 291 g/mol. The molecule has 1 aromatic rings. The fraction of sp³-hybridized carbons (Fsp3) is 0.125. The van der Waals surface area contributed by atoms with E-state index >= 15 is 0 Å². The highest BCUT2D eigenvalue weighted by molar-refractivity contribution is 6.11. The first-order valence-corrected chi connectivity index (χ1v) is 6.43. The van der Waals surface area contributed by atoms with E-state index in [1.54, 1.807) is 13.2 Å². The summed E-state index contributed by atoms with van der Waals surface area (Å²) in [5, 5.41) is 18.0. The summed E-state index contributed by atoms with van der Waals surface area (Å²) < 4.78 is 5.09. The lowest BCUT2D eigenvalue weighted by molar-refractivity contribution is 0.415. The average molecular weight is 291 g/mol. The van der Waals surface area contributed by atoms with E-state index in [0.717, 1.165) is 11.3 Å². The van der Waals surface area contributed by atoms with Crippen LogP contribution in [-0.2, 0) is 0 Å². The van der Waals surface area contributed by atoms with Crippen molar-refractivity contribution in [2.24, 2.45) is 15.7 Å². The summed E-state index contributed by atoms with van der Waals surface area (Å²) in [6.45, 7) is 0. The largest absolute Gasteiger partial charge is 0.497 e. The third kappa shape index (κ3) is 3.59. The highest BCUT2D eigenvalue weighted by atomic mass is 16.5. The Morgan fingerprint density at radius 1 is 1.09 bits per heavy atom.